The molecular formula is C29H36N2O4. The van der Waals surface area contributed by atoms with Gasteiger partial charge in [-0.2, -0.15) is 0 Å². The van der Waals surface area contributed by atoms with Crippen molar-refractivity contribution in [3.8, 4) is 5.75 Å². The molecule has 6 heteroatoms. The van der Waals surface area contributed by atoms with E-state index in [0.717, 1.165) is 37.2 Å². The van der Waals surface area contributed by atoms with Crippen LogP contribution in [0.2, 0.25) is 0 Å². The Kier molecular flexibility index (Phi) is 8.93. The fourth-order valence-corrected chi connectivity index (χ4v) is 5.17. The summed E-state index contributed by atoms with van der Waals surface area (Å²) in [6.45, 7) is 4.34. The quantitative estimate of drug-likeness (QED) is 0.272. The number of rotatable bonds is 10. The van der Waals surface area contributed by atoms with E-state index in [2.05, 4.69) is 4.98 Å². The molecule has 1 aliphatic carbocycles. The second-order valence-corrected chi connectivity index (χ2v) is 9.55. The zero-order valence-electron chi connectivity index (χ0n) is 20.7. The zero-order chi connectivity index (χ0) is 24.5. The average Bonchev–Trinajstić information content (AvgIpc) is 3.32. The largest absolute Gasteiger partial charge is 0.494 e. The van der Waals surface area contributed by atoms with Crippen LogP contribution < -0.4 is 4.74 Å². The first-order chi connectivity index (χ1) is 17.1. The lowest BCUT2D eigenvalue weighted by molar-refractivity contribution is -0.140. The highest BCUT2D eigenvalue weighted by atomic mass is 16.5. The zero-order valence-corrected chi connectivity index (χ0v) is 20.7. The van der Waals surface area contributed by atoms with E-state index in [1.165, 1.54) is 31.2 Å². The van der Waals surface area contributed by atoms with Gasteiger partial charge in [0.05, 0.1) is 19.6 Å². The molecule has 0 radical (unpaired) electrons. The van der Waals surface area contributed by atoms with Gasteiger partial charge in [-0.05, 0) is 85.9 Å². The van der Waals surface area contributed by atoms with Crippen molar-refractivity contribution in [2.24, 2.45) is 11.8 Å². The Morgan fingerprint density at radius 3 is 2.37 bits per heavy atom. The van der Waals surface area contributed by atoms with Crippen molar-refractivity contribution in [2.45, 2.75) is 51.9 Å². The minimum atomic E-state index is -0.422. The van der Waals surface area contributed by atoms with Crippen LogP contribution in [0.15, 0.2) is 54.4 Å². The number of hydrogen-bond acceptors (Lipinski definition) is 5. The Hall–Kier alpha value is -3.15. The summed E-state index contributed by atoms with van der Waals surface area (Å²) in [6, 6.07) is 11.6. The summed E-state index contributed by atoms with van der Waals surface area (Å²) in [4.78, 5) is 31.7. The molecule has 0 N–H and O–H groups in total. The van der Waals surface area contributed by atoms with E-state index in [0.29, 0.717) is 24.0 Å². The second kappa shape index (κ2) is 12.5. The molecule has 35 heavy (non-hydrogen) atoms. The first-order valence-electron chi connectivity index (χ1n) is 12.9. The molecule has 0 unspecified atom stereocenters. The first-order valence-corrected chi connectivity index (χ1v) is 12.9. The third-order valence-corrected chi connectivity index (χ3v) is 7.06. The Morgan fingerprint density at radius 1 is 1.03 bits per heavy atom. The Balaban J connectivity index is 1.33. The molecule has 0 spiro atoms. The van der Waals surface area contributed by atoms with E-state index in [1.807, 2.05) is 41.3 Å². The van der Waals surface area contributed by atoms with Gasteiger partial charge in [-0.15, -0.1) is 0 Å². The minimum absolute atomic E-state index is 0.0212. The van der Waals surface area contributed by atoms with E-state index in [4.69, 9.17) is 9.47 Å². The van der Waals surface area contributed by atoms with E-state index in [-0.39, 0.29) is 18.9 Å². The van der Waals surface area contributed by atoms with Crippen LogP contribution in [0.3, 0.4) is 0 Å². The normalized spacial score (nSPS) is 19.8. The van der Waals surface area contributed by atoms with Crippen LogP contribution in [-0.4, -0.2) is 48.1 Å². The average molecular weight is 477 g/mol. The maximum atomic E-state index is 13.1. The van der Waals surface area contributed by atoms with Gasteiger partial charge in [0, 0.05) is 31.1 Å². The van der Waals surface area contributed by atoms with Crippen LogP contribution >= 0.6 is 0 Å². The number of pyridine rings is 1. The molecule has 1 saturated heterocycles. The summed E-state index contributed by atoms with van der Waals surface area (Å²) in [7, 11) is 0. The summed E-state index contributed by atoms with van der Waals surface area (Å²) in [5.74, 6) is 1.63. The van der Waals surface area contributed by atoms with Gasteiger partial charge in [0.15, 0.2) is 0 Å². The van der Waals surface area contributed by atoms with Crippen molar-refractivity contribution < 1.29 is 19.1 Å². The van der Waals surface area contributed by atoms with Gasteiger partial charge in [0.2, 0.25) is 5.91 Å². The van der Waals surface area contributed by atoms with Gasteiger partial charge in [0.1, 0.15) is 5.75 Å². The number of hydrogen-bond donors (Lipinski definition) is 0. The van der Waals surface area contributed by atoms with Gasteiger partial charge < -0.3 is 14.4 Å². The van der Waals surface area contributed by atoms with Gasteiger partial charge in [-0.25, -0.2) is 4.79 Å². The maximum Gasteiger partial charge on any atom is 0.334 e. The van der Waals surface area contributed by atoms with E-state index >= 15 is 0 Å². The smallest absolute Gasteiger partial charge is 0.334 e. The number of aryl methyl sites for hydroxylation is 1. The van der Waals surface area contributed by atoms with Crippen LogP contribution in [0, 0.1) is 11.8 Å². The van der Waals surface area contributed by atoms with Crippen LogP contribution in [-0.2, 0) is 20.7 Å². The van der Waals surface area contributed by atoms with Gasteiger partial charge in [-0.3, -0.25) is 9.78 Å². The van der Waals surface area contributed by atoms with Crippen molar-refractivity contribution in [1.82, 2.24) is 9.88 Å². The fourth-order valence-electron chi connectivity index (χ4n) is 5.17. The number of fused-ring (bicyclic) bond motifs is 1. The highest BCUT2D eigenvalue weighted by Crippen LogP contribution is 2.36. The standard InChI is InChI=1S/C29H36N2O4/c1-2-34-29(33)26(19-28(32)31-20-24-7-3-4-8-25(24)21-31)18-23-9-11-27(12-10-23)35-17-5-6-22-13-15-30-16-14-22/h9-16,18,24-25H,2-8,17,19-21H2,1H3/b26-18+/t24-,25+. The summed E-state index contributed by atoms with van der Waals surface area (Å²) in [5.41, 5.74) is 2.50. The molecule has 186 valence electrons. The highest BCUT2D eigenvalue weighted by molar-refractivity contribution is 5.99. The van der Waals surface area contributed by atoms with Crippen LogP contribution in [0.4, 0.5) is 0 Å². The Morgan fingerprint density at radius 2 is 1.71 bits per heavy atom. The molecule has 1 aromatic heterocycles. The predicted octanol–water partition coefficient (Wildman–Crippen LogP) is 5.08. The van der Waals surface area contributed by atoms with E-state index in [1.54, 1.807) is 25.4 Å². The number of esters is 1. The molecule has 2 heterocycles. The van der Waals surface area contributed by atoms with Gasteiger partial charge in [0.25, 0.3) is 0 Å². The van der Waals surface area contributed by atoms with Crippen molar-refractivity contribution in [3.05, 3.63) is 65.5 Å². The first kappa shape index (κ1) is 25.0. The van der Waals surface area contributed by atoms with Gasteiger partial charge in [-0.1, -0.05) is 25.0 Å². The monoisotopic (exact) mass is 476 g/mol. The van der Waals surface area contributed by atoms with E-state index < -0.39 is 5.97 Å². The predicted molar refractivity (Wildman–Crippen MR) is 136 cm³/mol. The number of aromatic nitrogens is 1. The summed E-state index contributed by atoms with van der Waals surface area (Å²) >= 11 is 0. The summed E-state index contributed by atoms with van der Waals surface area (Å²) in [6.07, 6.45) is 12.3. The second-order valence-electron chi connectivity index (χ2n) is 9.55. The lowest BCUT2D eigenvalue weighted by atomic mass is 9.82. The number of ether oxygens (including phenoxy) is 2. The van der Waals surface area contributed by atoms with Crippen molar-refractivity contribution in [1.29, 1.82) is 0 Å². The topological polar surface area (TPSA) is 68.7 Å². The fraction of sp³-hybridized carbons (Fsp3) is 0.483. The minimum Gasteiger partial charge on any atom is -0.494 e. The number of carbonyl (C=O) groups is 2. The number of carbonyl (C=O) groups excluding carboxylic acids is 2. The Bertz CT molecular complexity index is 989. The summed E-state index contributed by atoms with van der Waals surface area (Å²) < 4.78 is 11.1. The molecule has 1 saturated carbocycles. The molecule has 2 aromatic rings. The van der Waals surface area contributed by atoms with Crippen LogP contribution in [0.1, 0.15) is 56.6 Å². The maximum absolute atomic E-state index is 13.1. The molecule has 1 aromatic carbocycles. The molecule has 2 fully saturated rings. The summed E-state index contributed by atoms with van der Waals surface area (Å²) in [5, 5.41) is 0. The van der Waals surface area contributed by atoms with Crippen molar-refractivity contribution in [3.63, 3.8) is 0 Å². The number of amides is 1. The van der Waals surface area contributed by atoms with Crippen LogP contribution in [0.5, 0.6) is 5.75 Å². The van der Waals surface area contributed by atoms with Crippen molar-refractivity contribution >= 4 is 18.0 Å². The molecule has 2 atom stereocenters. The molecule has 6 nitrogen and oxygen atoms in total. The number of benzene rings is 1. The van der Waals surface area contributed by atoms with Crippen molar-refractivity contribution in [2.75, 3.05) is 26.3 Å². The van der Waals surface area contributed by atoms with E-state index in [9.17, 15) is 9.59 Å². The molecule has 1 amide bonds. The van der Waals surface area contributed by atoms with Gasteiger partial charge >= 0.3 is 5.97 Å². The van der Waals surface area contributed by atoms with Crippen LogP contribution in [0.25, 0.3) is 6.08 Å². The number of likely N-dealkylation sites (tertiary alicyclic amines) is 1. The third kappa shape index (κ3) is 7.17. The molecule has 4 rings (SSSR count). The molecular weight excluding hydrogens is 440 g/mol. The Labute approximate surface area is 208 Å². The lowest BCUT2D eigenvalue weighted by Gasteiger charge is -2.22. The SMILES string of the molecule is CCOC(=O)/C(=C/c1ccc(OCCCc2ccncc2)cc1)CC(=O)N1C[C@H]2CCCC[C@H]2C1. The molecule has 2 aliphatic rings. The third-order valence-electron chi connectivity index (χ3n) is 7.06. The number of nitrogens with zero attached hydrogens (tertiary/aromatic N) is 2. The molecule has 0 bridgehead atoms. The highest BCUT2D eigenvalue weighted by Gasteiger charge is 2.36. The molecule has 1 aliphatic heterocycles. The lowest BCUT2D eigenvalue weighted by Crippen LogP contribution is -2.30.